The highest BCUT2D eigenvalue weighted by atomic mass is 32.1. The molecule has 0 bridgehead atoms. The number of benzene rings is 1. The Balaban J connectivity index is 1.66. The molecule has 0 aliphatic heterocycles. The van der Waals surface area contributed by atoms with Crippen molar-refractivity contribution >= 4 is 22.2 Å². The number of amides is 1. The highest BCUT2D eigenvalue weighted by molar-refractivity contribution is 7.19. The Morgan fingerprint density at radius 1 is 1.35 bits per heavy atom. The summed E-state index contributed by atoms with van der Waals surface area (Å²) >= 11 is 1.44. The molecular weight excluding hydrogens is 310 g/mol. The summed E-state index contributed by atoms with van der Waals surface area (Å²) in [4.78, 5) is 18.5. The third-order valence-electron chi connectivity index (χ3n) is 4.06. The van der Waals surface area contributed by atoms with Gasteiger partial charge in [0.15, 0.2) is 4.96 Å². The monoisotopic (exact) mass is 327 g/mol. The van der Waals surface area contributed by atoms with Crippen LogP contribution in [0.4, 0.5) is 0 Å². The summed E-state index contributed by atoms with van der Waals surface area (Å²) in [6.45, 7) is 1.96. The van der Waals surface area contributed by atoms with E-state index in [-0.39, 0.29) is 5.91 Å². The van der Waals surface area contributed by atoms with Crippen LogP contribution in [-0.2, 0) is 0 Å². The van der Waals surface area contributed by atoms with Gasteiger partial charge in [-0.25, -0.2) is 4.98 Å². The lowest BCUT2D eigenvalue weighted by Crippen LogP contribution is -2.25. The molecule has 0 spiro atoms. The highest BCUT2D eigenvalue weighted by Crippen LogP contribution is 2.29. The van der Waals surface area contributed by atoms with Gasteiger partial charge in [-0.1, -0.05) is 11.3 Å². The van der Waals surface area contributed by atoms with Gasteiger partial charge in [0, 0.05) is 23.5 Å². The van der Waals surface area contributed by atoms with E-state index in [1.807, 2.05) is 41.8 Å². The molecule has 1 fully saturated rings. The first-order chi connectivity index (χ1) is 11.2. The molecule has 4 rings (SSSR count). The topological polar surface area (TPSA) is 55.6 Å². The average molecular weight is 327 g/mol. The number of rotatable bonds is 4. The smallest absolute Gasteiger partial charge is 0.263 e. The van der Waals surface area contributed by atoms with Gasteiger partial charge >= 0.3 is 0 Å². The average Bonchev–Trinajstić information content (AvgIpc) is 3.19. The molecule has 1 N–H and O–H groups in total. The lowest BCUT2D eigenvalue weighted by atomic mass is 10.2. The van der Waals surface area contributed by atoms with Crippen molar-refractivity contribution in [1.82, 2.24) is 14.7 Å². The van der Waals surface area contributed by atoms with E-state index in [1.54, 1.807) is 7.11 Å². The minimum Gasteiger partial charge on any atom is -0.497 e. The van der Waals surface area contributed by atoms with E-state index >= 15 is 0 Å². The lowest BCUT2D eigenvalue weighted by molar-refractivity contribution is 0.0954. The van der Waals surface area contributed by atoms with Crippen LogP contribution in [0.3, 0.4) is 0 Å². The standard InChI is InChI=1S/C17H17N3O2S/c1-10-15(16(21)18-12-5-6-12)23-17-19-14(9-20(10)17)11-3-7-13(22-2)8-4-11/h3-4,7-9,12H,5-6H2,1-2H3,(H,18,21). The summed E-state index contributed by atoms with van der Waals surface area (Å²) in [7, 11) is 1.65. The molecule has 1 aromatic carbocycles. The summed E-state index contributed by atoms with van der Waals surface area (Å²) in [5.74, 6) is 0.844. The number of methoxy groups -OCH3 is 1. The second-order valence-corrected chi connectivity index (χ2v) is 6.75. The van der Waals surface area contributed by atoms with E-state index in [2.05, 4.69) is 10.3 Å². The van der Waals surface area contributed by atoms with Crippen molar-refractivity contribution in [3.8, 4) is 17.0 Å². The van der Waals surface area contributed by atoms with Gasteiger partial charge < -0.3 is 10.1 Å². The molecule has 0 unspecified atom stereocenters. The number of hydrogen-bond acceptors (Lipinski definition) is 4. The Bertz CT molecular complexity index is 875. The van der Waals surface area contributed by atoms with E-state index in [4.69, 9.17) is 4.74 Å². The zero-order valence-corrected chi connectivity index (χ0v) is 13.8. The number of hydrogen-bond donors (Lipinski definition) is 1. The molecule has 6 heteroatoms. The number of aryl methyl sites for hydroxylation is 1. The van der Waals surface area contributed by atoms with E-state index in [1.165, 1.54) is 11.3 Å². The molecule has 5 nitrogen and oxygen atoms in total. The number of carbonyl (C=O) groups excluding carboxylic acids is 1. The number of carbonyl (C=O) groups is 1. The predicted molar refractivity (Wildman–Crippen MR) is 90.3 cm³/mol. The molecule has 118 valence electrons. The highest BCUT2D eigenvalue weighted by Gasteiger charge is 2.26. The van der Waals surface area contributed by atoms with Gasteiger partial charge in [0.25, 0.3) is 5.91 Å². The largest absolute Gasteiger partial charge is 0.497 e. The predicted octanol–water partition coefficient (Wildman–Crippen LogP) is 3.27. The molecule has 2 aromatic heterocycles. The van der Waals surface area contributed by atoms with Crippen LogP contribution in [0.25, 0.3) is 16.2 Å². The van der Waals surface area contributed by atoms with Gasteiger partial charge in [-0.15, -0.1) is 0 Å². The summed E-state index contributed by atoms with van der Waals surface area (Å²) in [5.41, 5.74) is 2.87. The number of thiazole rings is 1. The van der Waals surface area contributed by atoms with Crippen LogP contribution in [0.1, 0.15) is 28.2 Å². The van der Waals surface area contributed by atoms with Crippen LogP contribution in [-0.4, -0.2) is 28.4 Å². The summed E-state index contributed by atoms with van der Waals surface area (Å²) in [6.07, 6.45) is 4.17. The van der Waals surface area contributed by atoms with Crippen LogP contribution < -0.4 is 10.1 Å². The minimum atomic E-state index is 0.0199. The van der Waals surface area contributed by atoms with Crippen LogP contribution in [0.15, 0.2) is 30.5 Å². The molecule has 1 saturated carbocycles. The maximum absolute atomic E-state index is 12.3. The lowest BCUT2D eigenvalue weighted by Gasteiger charge is -2.02. The number of aromatic nitrogens is 2. The van der Waals surface area contributed by atoms with Crippen molar-refractivity contribution in [2.24, 2.45) is 0 Å². The molecule has 23 heavy (non-hydrogen) atoms. The van der Waals surface area contributed by atoms with Gasteiger partial charge in [-0.05, 0) is 44.0 Å². The maximum atomic E-state index is 12.3. The fraction of sp³-hybridized carbons (Fsp3) is 0.294. The SMILES string of the molecule is COc1ccc(-c2cn3c(C)c(C(=O)NC4CC4)sc3n2)cc1. The second-order valence-electron chi connectivity index (χ2n) is 5.77. The zero-order valence-electron chi connectivity index (χ0n) is 13.0. The van der Waals surface area contributed by atoms with Crippen LogP contribution in [0.2, 0.25) is 0 Å². The van der Waals surface area contributed by atoms with Gasteiger partial charge in [-0.2, -0.15) is 0 Å². The number of nitrogens with one attached hydrogen (secondary N) is 1. The molecule has 0 radical (unpaired) electrons. The molecule has 0 saturated heterocycles. The van der Waals surface area contributed by atoms with Crippen molar-refractivity contribution in [3.05, 3.63) is 41.0 Å². The van der Waals surface area contributed by atoms with Gasteiger partial charge in [0.1, 0.15) is 10.6 Å². The first kappa shape index (κ1) is 14.3. The van der Waals surface area contributed by atoms with E-state index in [0.717, 1.165) is 45.4 Å². The number of imidazole rings is 1. The zero-order chi connectivity index (χ0) is 16.0. The summed E-state index contributed by atoms with van der Waals surface area (Å²) < 4.78 is 7.17. The second kappa shape index (κ2) is 5.38. The van der Waals surface area contributed by atoms with Crippen molar-refractivity contribution < 1.29 is 9.53 Å². The van der Waals surface area contributed by atoms with Gasteiger partial charge in [0.2, 0.25) is 0 Å². The quantitative estimate of drug-likeness (QED) is 0.800. The molecule has 1 aliphatic rings. The molecule has 2 heterocycles. The molecule has 0 atom stereocenters. The molecule has 1 aliphatic carbocycles. The number of fused-ring (bicyclic) bond motifs is 1. The van der Waals surface area contributed by atoms with E-state index < -0.39 is 0 Å². The van der Waals surface area contributed by atoms with E-state index in [0.29, 0.717) is 6.04 Å². The Labute approximate surface area is 137 Å². The van der Waals surface area contributed by atoms with Crippen molar-refractivity contribution in [1.29, 1.82) is 0 Å². The fourth-order valence-electron chi connectivity index (χ4n) is 2.54. The van der Waals surface area contributed by atoms with Crippen LogP contribution in [0, 0.1) is 6.92 Å². The normalized spacial score (nSPS) is 14.2. The first-order valence-corrected chi connectivity index (χ1v) is 8.41. The third kappa shape index (κ3) is 2.59. The van der Waals surface area contributed by atoms with Gasteiger partial charge in [0.05, 0.1) is 12.8 Å². The number of ether oxygens (including phenoxy) is 1. The van der Waals surface area contributed by atoms with Crippen LogP contribution in [0.5, 0.6) is 5.75 Å². The summed E-state index contributed by atoms with van der Waals surface area (Å²) in [6, 6.07) is 8.18. The fourth-order valence-corrected chi connectivity index (χ4v) is 3.55. The van der Waals surface area contributed by atoms with Crippen molar-refractivity contribution in [2.75, 3.05) is 7.11 Å². The summed E-state index contributed by atoms with van der Waals surface area (Å²) in [5, 5.41) is 3.04. The Hall–Kier alpha value is -2.34. The molecule has 3 aromatic rings. The Morgan fingerprint density at radius 3 is 2.70 bits per heavy atom. The third-order valence-corrected chi connectivity index (χ3v) is 5.22. The number of nitrogens with zero attached hydrogens (tertiary/aromatic N) is 2. The van der Waals surface area contributed by atoms with Gasteiger partial charge in [-0.3, -0.25) is 9.20 Å². The molecular formula is C17H17N3O2S. The maximum Gasteiger partial charge on any atom is 0.263 e. The van der Waals surface area contributed by atoms with Crippen molar-refractivity contribution in [2.45, 2.75) is 25.8 Å². The minimum absolute atomic E-state index is 0.0199. The molecule has 1 amide bonds. The Kier molecular flexibility index (Phi) is 3.34. The van der Waals surface area contributed by atoms with E-state index in [9.17, 15) is 4.79 Å². The van der Waals surface area contributed by atoms with Crippen molar-refractivity contribution in [3.63, 3.8) is 0 Å². The first-order valence-electron chi connectivity index (χ1n) is 7.59. The van der Waals surface area contributed by atoms with Crippen LogP contribution >= 0.6 is 11.3 Å². The Morgan fingerprint density at radius 2 is 2.09 bits per heavy atom.